The minimum absolute atomic E-state index is 0.0244. The van der Waals surface area contributed by atoms with Gasteiger partial charge in [0.2, 0.25) is 0 Å². The SMILES string of the molecule is CCCCCCCC(=O)CC[C@@H]1[C@@H](CC=CCCCC(=O)OCc2ccccc2CO[N+](=O)[O-])[C@@H](O)C[C@H]1O. The average Bonchev–Trinajstić information content (AvgIpc) is 3.18. The normalized spacial score (nSPS) is 20.8. The number of aliphatic hydroxyl groups excluding tert-OH is 2. The third-order valence-corrected chi connectivity index (χ3v) is 7.50. The molecule has 1 aromatic rings. The van der Waals surface area contributed by atoms with E-state index >= 15 is 0 Å². The van der Waals surface area contributed by atoms with Crippen molar-refractivity contribution in [2.45, 2.75) is 116 Å². The van der Waals surface area contributed by atoms with Crippen LogP contribution in [0.1, 0.15) is 102 Å². The Morgan fingerprint density at radius 1 is 0.949 bits per heavy atom. The number of ether oxygens (including phenoxy) is 1. The number of ketones is 1. The Balaban J connectivity index is 1.66. The van der Waals surface area contributed by atoms with E-state index in [0.717, 1.165) is 12.8 Å². The summed E-state index contributed by atoms with van der Waals surface area (Å²) in [5.41, 5.74) is 1.25. The van der Waals surface area contributed by atoms with E-state index in [4.69, 9.17) is 4.74 Å². The summed E-state index contributed by atoms with van der Waals surface area (Å²) in [5.74, 6) is -0.257. The van der Waals surface area contributed by atoms with Crippen molar-refractivity contribution >= 4 is 11.8 Å². The number of rotatable bonds is 20. The number of Topliss-reactive ketones (excluding diaryl/α,β-unsaturated/α-hetero) is 1. The number of unbranched alkanes of at least 4 members (excludes halogenated alkanes) is 5. The summed E-state index contributed by atoms with van der Waals surface area (Å²) < 4.78 is 5.31. The molecule has 9 heteroatoms. The fourth-order valence-electron chi connectivity index (χ4n) is 5.21. The number of carbonyl (C=O) groups excluding carboxylic acids is 2. The Bertz CT molecular complexity index is 918. The first-order chi connectivity index (χ1) is 18.8. The molecule has 1 aliphatic rings. The summed E-state index contributed by atoms with van der Waals surface area (Å²) in [6, 6.07) is 6.93. The van der Waals surface area contributed by atoms with Crippen molar-refractivity contribution in [2.75, 3.05) is 0 Å². The van der Waals surface area contributed by atoms with Gasteiger partial charge in [-0.05, 0) is 61.5 Å². The zero-order valence-corrected chi connectivity index (χ0v) is 23.2. The molecule has 4 atom stereocenters. The molecule has 1 fully saturated rings. The van der Waals surface area contributed by atoms with Crippen molar-refractivity contribution in [3.63, 3.8) is 0 Å². The Morgan fingerprint density at radius 3 is 2.36 bits per heavy atom. The van der Waals surface area contributed by atoms with E-state index in [9.17, 15) is 29.9 Å². The van der Waals surface area contributed by atoms with Crippen LogP contribution in [0.2, 0.25) is 0 Å². The van der Waals surface area contributed by atoms with Gasteiger partial charge >= 0.3 is 5.97 Å². The predicted molar refractivity (Wildman–Crippen MR) is 147 cm³/mol. The second-order valence-electron chi connectivity index (χ2n) is 10.5. The molecule has 0 heterocycles. The summed E-state index contributed by atoms with van der Waals surface area (Å²) in [7, 11) is 0. The molecule has 1 aliphatic carbocycles. The van der Waals surface area contributed by atoms with Crippen LogP contribution in [0.25, 0.3) is 0 Å². The van der Waals surface area contributed by atoms with E-state index in [2.05, 4.69) is 11.8 Å². The molecular weight excluding hydrogens is 502 g/mol. The fraction of sp³-hybridized carbons (Fsp3) is 0.667. The standard InChI is InChI=1S/C30H45NO8/c1-2-3-4-5-8-15-25(32)18-19-27-26(28(33)20-29(27)34)16-9-6-7-10-17-30(35)38-21-23-13-11-12-14-24(23)22-39-31(36)37/h6,9,11-14,26-29,33-34H,2-5,7-8,10,15-22H2,1H3/t26-,27-,28+,29-/m1/s1. The Morgan fingerprint density at radius 2 is 1.64 bits per heavy atom. The van der Waals surface area contributed by atoms with Crippen LogP contribution < -0.4 is 0 Å². The Labute approximate surface area is 231 Å². The smallest absolute Gasteiger partial charge is 0.306 e. The number of hydrogen-bond acceptors (Lipinski definition) is 8. The second-order valence-corrected chi connectivity index (χ2v) is 10.5. The molecule has 1 saturated carbocycles. The van der Waals surface area contributed by atoms with Gasteiger partial charge in [-0.2, -0.15) is 0 Å². The van der Waals surface area contributed by atoms with E-state index in [-0.39, 0.29) is 43.2 Å². The fourth-order valence-corrected chi connectivity index (χ4v) is 5.21. The molecule has 0 unspecified atom stereocenters. The Kier molecular flexibility index (Phi) is 15.4. The van der Waals surface area contributed by atoms with E-state index < -0.39 is 17.3 Å². The highest BCUT2D eigenvalue weighted by atomic mass is 16.9. The van der Waals surface area contributed by atoms with Crippen molar-refractivity contribution < 1.29 is 34.5 Å². The third kappa shape index (κ3) is 12.7. The van der Waals surface area contributed by atoms with Gasteiger partial charge in [0.05, 0.1) is 12.2 Å². The molecule has 0 spiro atoms. The molecule has 2 N–H and O–H groups in total. The molecule has 1 aromatic carbocycles. The van der Waals surface area contributed by atoms with Crippen LogP contribution in [-0.4, -0.2) is 39.3 Å². The Hall–Kier alpha value is -2.78. The summed E-state index contributed by atoms with van der Waals surface area (Å²) in [5, 5.41) is 30.5. The van der Waals surface area contributed by atoms with Crippen LogP contribution in [0.4, 0.5) is 0 Å². The highest BCUT2D eigenvalue weighted by molar-refractivity contribution is 5.78. The molecule has 0 saturated heterocycles. The average molecular weight is 548 g/mol. The lowest BCUT2D eigenvalue weighted by molar-refractivity contribution is -0.763. The van der Waals surface area contributed by atoms with Gasteiger partial charge in [-0.3, -0.25) is 9.59 Å². The third-order valence-electron chi connectivity index (χ3n) is 7.50. The highest BCUT2D eigenvalue weighted by Gasteiger charge is 2.40. The van der Waals surface area contributed by atoms with Crippen LogP contribution >= 0.6 is 0 Å². The van der Waals surface area contributed by atoms with Crippen molar-refractivity contribution in [1.82, 2.24) is 0 Å². The molecule has 0 aromatic heterocycles. The maximum absolute atomic E-state index is 12.3. The van der Waals surface area contributed by atoms with Gasteiger partial charge in [-0.25, -0.2) is 0 Å². The molecular formula is C30H45NO8. The molecule has 2 rings (SSSR count). The molecule has 0 amide bonds. The lowest BCUT2D eigenvalue weighted by Gasteiger charge is -2.22. The van der Waals surface area contributed by atoms with E-state index in [1.54, 1.807) is 24.3 Å². The molecule has 0 aliphatic heterocycles. The van der Waals surface area contributed by atoms with Crippen LogP contribution in [-0.2, 0) is 32.4 Å². The minimum Gasteiger partial charge on any atom is -0.461 e. The van der Waals surface area contributed by atoms with Gasteiger partial charge in [0.1, 0.15) is 19.0 Å². The largest absolute Gasteiger partial charge is 0.461 e. The first kappa shape index (κ1) is 32.4. The maximum Gasteiger partial charge on any atom is 0.306 e. The van der Waals surface area contributed by atoms with E-state index in [1.807, 2.05) is 12.2 Å². The van der Waals surface area contributed by atoms with E-state index in [1.165, 1.54) is 19.3 Å². The summed E-state index contributed by atoms with van der Waals surface area (Å²) >= 11 is 0. The first-order valence-corrected chi connectivity index (χ1v) is 14.3. The summed E-state index contributed by atoms with van der Waals surface area (Å²) in [6.07, 6.45) is 12.6. The zero-order chi connectivity index (χ0) is 28.5. The number of nitrogens with zero attached hydrogens (tertiary/aromatic N) is 1. The van der Waals surface area contributed by atoms with Gasteiger partial charge in [0.15, 0.2) is 0 Å². The van der Waals surface area contributed by atoms with Gasteiger partial charge < -0.3 is 19.8 Å². The molecule has 9 nitrogen and oxygen atoms in total. The van der Waals surface area contributed by atoms with Gasteiger partial charge in [0, 0.05) is 19.3 Å². The number of allylic oxidation sites excluding steroid dienone is 2. The highest BCUT2D eigenvalue weighted by Crippen LogP contribution is 2.38. The predicted octanol–water partition coefficient (Wildman–Crippen LogP) is 5.62. The van der Waals surface area contributed by atoms with Crippen molar-refractivity contribution in [3.05, 3.63) is 57.7 Å². The molecule has 0 radical (unpaired) electrons. The quantitative estimate of drug-likeness (QED) is 0.0705. The zero-order valence-electron chi connectivity index (χ0n) is 23.2. The van der Waals surface area contributed by atoms with Crippen LogP contribution in [0.5, 0.6) is 0 Å². The van der Waals surface area contributed by atoms with Gasteiger partial charge in [0.25, 0.3) is 5.09 Å². The first-order valence-electron chi connectivity index (χ1n) is 14.3. The van der Waals surface area contributed by atoms with Crippen LogP contribution in [0.15, 0.2) is 36.4 Å². The monoisotopic (exact) mass is 547 g/mol. The molecule has 0 bridgehead atoms. The van der Waals surface area contributed by atoms with Crippen molar-refractivity contribution in [2.24, 2.45) is 11.8 Å². The number of benzene rings is 1. The van der Waals surface area contributed by atoms with Gasteiger partial charge in [-0.15, -0.1) is 10.1 Å². The maximum atomic E-state index is 12.3. The lowest BCUT2D eigenvalue weighted by Crippen LogP contribution is -2.22. The minimum atomic E-state index is -0.857. The van der Waals surface area contributed by atoms with Crippen LogP contribution in [0, 0.1) is 22.0 Å². The topological polar surface area (TPSA) is 136 Å². The summed E-state index contributed by atoms with van der Waals surface area (Å²) in [4.78, 5) is 39.3. The number of hydrogen-bond donors (Lipinski definition) is 2. The number of carbonyl (C=O) groups is 2. The van der Waals surface area contributed by atoms with E-state index in [0.29, 0.717) is 56.1 Å². The second kappa shape index (κ2) is 18.5. The summed E-state index contributed by atoms with van der Waals surface area (Å²) in [6.45, 7) is 1.99. The van der Waals surface area contributed by atoms with Gasteiger partial charge in [-0.1, -0.05) is 69.0 Å². The van der Waals surface area contributed by atoms with Crippen LogP contribution in [0.3, 0.4) is 0 Å². The molecule has 218 valence electrons. The number of aliphatic hydroxyl groups is 2. The van der Waals surface area contributed by atoms with Crippen molar-refractivity contribution in [3.8, 4) is 0 Å². The number of esters is 1. The van der Waals surface area contributed by atoms with Crippen molar-refractivity contribution in [1.29, 1.82) is 0 Å². The molecule has 39 heavy (non-hydrogen) atoms. The lowest BCUT2D eigenvalue weighted by atomic mass is 9.86.